The van der Waals surface area contributed by atoms with Gasteiger partial charge in [-0.3, -0.25) is 0 Å². The van der Waals surface area contributed by atoms with E-state index in [4.69, 9.17) is 15.0 Å². The standard InChI is InChI=1S/C7H11N3O2/c8-7-9-6(12-10-7)5-1-3-11-4-2-5/h5H,1-4H2,(H2,8,10). The molecular weight excluding hydrogens is 158 g/mol. The Balaban J connectivity index is 2.08. The van der Waals surface area contributed by atoms with Crippen LogP contribution in [0, 0.1) is 0 Å². The molecule has 1 fully saturated rings. The minimum atomic E-state index is 0.219. The van der Waals surface area contributed by atoms with Gasteiger partial charge in [-0.15, -0.1) is 0 Å². The first kappa shape index (κ1) is 7.54. The van der Waals surface area contributed by atoms with E-state index in [1.807, 2.05) is 0 Å². The summed E-state index contributed by atoms with van der Waals surface area (Å²) < 4.78 is 10.2. The lowest BCUT2D eigenvalue weighted by atomic mass is 10.0. The second kappa shape index (κ2) is 3.10. The maximum atomic E-state index is 5.34. The fourth-order valence-corrected chi connectivity index (χ4v) is 1.36. The quantitative estimate of drug-likeness (QED) is 0.664. The van der Waals surface area contributed by atoms with Gasteiger partial charge in [0.1, 0.15) is 0 Å². The Kier molecular flexibility index (Phi) is 1.95. The molecule has 0 spiro atoms. The first-order valence-electron chi connectivity index (χ1n) is 4.03. The van der Waals surface area contributed by atoms with E-state index >= 15 is 0 Å². The van der Waals surface area contributed by atoms with Crippen LogP contribution in [0.4, 0.5) is 5.95 Å². The van der Waals surface area contributed by atoms with Crippen LogP contribution in [0.3, 0.4) is 0 Å². The monoisotopic (exact) mass is 169 g/mol. The van der Waals surface area contributed by atoms with Crippen LogP contribution in [0.5, 0.6) is 0 Å². The van der Waals surface area contributed by atoms with Gasteiger partial charge in [-0.2, -0.15) is 4.98 Å². The number of aromatic nitrogens is 2. The summed E-state index contributed by atoms with van der Waals surface area (Å²) in [5.41, 5.74) is 5.34. The molecule has 1 aromatic rings. The van der Waals surface area contributed by atoms with Crippen molar-refractivity contribution in [2.75, 3.05) is 18.9 Å². The molecule has 2 N–H and O–H groups in total. The van der Waals surface area contributed by atoms with E-state index in [2.05, 4.69) is 10.1 Å². The lowest BCUT2D eigenvalue weighted by Gasteiger charge is -2.17. The van der Waals surface area contributed by atoms with Crippen molar-refractivity contribution in [2.24, 2.45) is 0 Å². The number of hydrogen-bond donors (Lipinski definition) is 1. The third-order valence-electron chi connectivity index (χ3n) is 2.03. The zero-order valence-corrected chi connectivity index (χ0v) is 6.69. The molecular formula is C7H11N3O2. The third kappa shape index (κ3) is 1.40. The Bertz CT molecular complexity index is 255. The van der Waals surface area contributed by atoms with Gasteiger partial charge in [0.2, 0.25) is 5.89 Å². The van der Waals surface area contributed by atoms with Crippen molar-refractivity contribution in [2.45, 2.75) is 18.8 Å². The fraction of sp³-hybridized carbons (Fsp3) is 0.714. The molecule has 0 saturated carbocycles. The average molecular weight is 169 g/mol. The molecule has 0 radical (unpaired) electrons. The molecule has 0 amide bonds. The van der Waals surface area contributed by atoms with Crippen molar-refractivity contribution in [3.8, 4) is 0 Å². The summed E-state index contributed by atoms with van der Waals surface area (Å²) in [5.74, 6) is 1.20. The van der Waals surface area contributed by atoms with Gasteiger partial charge in [0, 0.05) is 19.1 Å². The van der Waals surface area contributed by atoms with Crippen LogP contribution in [-0.4, -0.2) is 23.4 Å². The number of nitrogens with zero attached hydrogens (tertiary/aromatic N) is 2. The van der Waals surface area contributed by atoms with Crippen LogP contribution in [0.1, 0.15) is 24.7 Å². The second-order valence-corrected chi connectivity index (χ2v) is 2.88. The Morgan fingerprint density at radius 2 is 2.08 bits per heavy atom. The Labute approximate surface area is 69.9 Å². The minimum absolute atomic E-state index is 0.219. The normalized spacial score (nSPS) is 19.7. The SMILES string of the molecule is Nc1noc(C2CCOCC2)n1. The number of hydrogen-bond acceptors (Lipinski definition) is 5. The van der Waals surface area contributed by atoms with Crippen molar-refractivity contribution in [3.63, 3.8) is 0 Å². The number of nitrogens with two attached hydrogens (primary N) is 1. The number of nitrogen functional groups attached to an aromatic ring is 1. The highest BCUT2D eigenvalue weighted by atomic mass is 16.5. The van der Waals surface area contributed by atoms with Crippen LogP contribution >= 0.6 is 0 Å². The zero-order chi connectivity index (χ0) is 8.39. The molecule has 1 aliphatic rings. The van der Waals surface area contributed by atoms with Crippen LogP contribution in [0.25, 0.3) is 0 Å². The van der Waals surface area contributed by atoms with E-state index in [0.29, 0.717) is 11.8 Å². The molecule has 0 unspecified atom stereocenters. The van der Waals surface area contributed by atoms with Gasteiger partial charge in [0.15, 0.2) is 0 Å². The van der Waals surface area contributed by atoms with E-state index < -0.39 is 0 Å². The smallest absolute Gasteiger partial charge is 0.260 e. The molecule has 0 bridgehead atoms. The van der Waals surface area contributed by atoms with Gasteiger partial charge >= 0.3 is 0 Å². The van der Waals surface area contributed by atoms with E-state index in [1.165, 1.54) is 0 Å². The predicted octanol–water partition coefficient (Wildman–Crippen LogP) is 0.546. The molecule has 2 rings (SSSR count). The Morgan fingerprint density at radius 3 is 2.67 bits per heavy atom. The van der Waals surface area contributed by atoms with Gasteiger partial charge in [0.05, 0.1) is 0 Å². The highest BCUT2D eigenvalue weighted by Gasteiger charge is 2.21. The summed E-state index contributed by atoms with van der Waals surface area (Å²) in [6.07, 6.45) is 1.89. The van der Waals surface area contributed by atoms with Gasteiger partial charge in [0.25, 0.3) is 5.95 Å². The summed E-state index contributed by atoms with van der Waals surface area (Å²) in [6, 6.07) is 0. The van der Waals surface area contributed by atoms with E-state index in [9.17, 15) is 0 Å². The molecule has 12 heavy (non-hydrogen) atoms. The highest BCUT2D eigenvalue weighted by Crippen LogP contribution is 2.25. The van der Waals surface area contributed by atoms with Crippen molar-refractivity contribution < 1.29 is 9.26 Å². The molecule has 1 aromatic heterocycles. The van der Waals surface area contributed by atoms with E-state index in [0.717, 1.165) is 26.1 Å². The average Bonchev–Trinajstić information content (AvgIpc) is 2.54. The second-order valence-electron chi connectivity index (χ2n) is 2.88. The molecule has 66 valence electrons. The maximum absolute atomic E-state index is 5.34. The van der Waals surface area contributed by atoms with Gasteiger partial charge in [-0.05, 0) is 18.0 Å². The Morgan fingerprint density at radius 1 is 1.33 bits per heavy atom. The van der Waals surface area contributed by atoms with Crippen LogP contribution < -0.4 is 5.73 Å². The van der Waals surface area contributed by atoms with E-state index in [1.54, 1.807) is 0 Å². The summed E-state index contributed by atoms with van der Waals surface area (Å²) in [6.45, 7) is 1.54. The predicted molar refractivity (Wildman–Crippen MR) is 41.5 cm³/mol. The molecule has 5 nitrogen and oxygen atoms in total. The summed E-state index contributed by atoms with van der Waals surface area (Å²) >= 11 is 0. The summed E-state index contributed by atoms with van der Waals surface area (Å²) in [7, 11) is 0. The van der Waals surface area contributed by atoms with Gasteiger partial charge in [-0.1, -0.05) is 0 Å². The molecule has 1 saturated heterocycles. The number of ether oxygens (including phenoxy) is 1. The molecule has 5 heteroatoms. The zero-order valence-electron chi connectivity index (χ0n) is 6.69. The number of anilines is 1. The van der Waals surface area contributed by atoms with Crippen molar-refractivity contribution >= 4 is 5.95 Å². The van der Waals surface area contributed by atoms with Gasteiger partial charge in [-0.25, -0.2) is 0 Å². The molecule has 1 aliphatic heterocycles. The van der Waals surface area contributed by atoms with Crippen molar-refractivity contribution in [1.29, 1.82) is 0 Å². The highest BCUT2D eigenvalue weighted by molar-refractivity contribution is 5.12. The summed E-state index contributed by atoms with van der Waals surface area (Å²) in [5, 5.41) is 3.54. The van der Waals surface area contributed by atoms with Crippen LogP contribution in [0.2, 0.25) is 0 Å². The van der Waals surface area contributed by atoms with Crippen LogP contribution in [0.15, 0.2) is 4.52 Å². The number of rotatable bonds is 1. The lowest BCUT2D eigenvalue weighted by molar-refractivity contribution is 0.0778. The molecule has 0 aliphatic carbocycles. The largest absolute Gasteiger partial charge is 0.381 e. The van der Waals surface area contributed by atoms with Crippen molar-refractivity contribution in [3.05, 3.63) is 5.89 Å². The minimum Gasteiger partial charge on any atom is -0.381 e. The molecule has 2 heterocycles. The summed E-state index contributed by atoms with van der Waals surface area (Å²) in [4.78, 5) is 3.98. The first-order chi connectivity index (χ1) is 5.86. The molecule has 0 atom stereocenters. The topological polar surface area (TPSA) is 74.2 Å². The molecule has 0 aromatic carbocycles. The first-order valence-corrected chi connectivity index (χ1v) is 4.03. The van der Waals surface area contributed by atoms with E-state index in [-0.39, 0.29) is 5.95 Å². The maximum Gasteiger partial charge on any atom is 0.260 e. The third-order valence-corrected chi connectivity index (χ3v) is 2.03. The van der Waals surface area contributed by atoms with Gasteiger partial charge < -0.3 is 15.0 Å². The fourth-order valence-electron chi connectivity index (χ4n) is 1.36. The Hall–Kier alpha value is -1.10. The van der Waals surface area contributed by atoms with Crippen molar-refractivity contribution in [1.82, 2.24) is 10.1 Å². The van der Waals surface area contributed by atoms with Crippen LogP contribution in [-0.2, 0) is 4.74 Å². The lowest BCUT2D eigenvalue weighted by Crippen LogP contribution is -2.14.